The normalized spacial score (nSPS) is 22.8. The van der Waals surface area contributed by atoms with Crippen molar-refractivity contribution in [3.63, 3.8) is 0 Å². The number of nitrogen functional groups attached to an aromatic ring is 1. The Balaban J connectivity index is 1.59. The fraction of sp³-hybridized carbons (Fsp3) is 0.172. The van der Waals surface area contributed by atoms with Crippen LogP contribution >= 0.6 is 0 Å². The van der Waals surface area contributed by atoms with Gasteiger partial charge in [0, 0.05) is 5.56 Å². The van der Waals surface area contributed by atoms with E-state index in [1.807, 2.05) is 30.3 Å². The number of ketones is 2. The van der Waals surface area contributed by atoms with Gasteiger partial charge in [0.25, 0.3) is 0 Å². The molecule has 0 saturated carbocycles. The third kappa shape index (κ3) is 4.72. The number of aliphatic hydroxyl groups excluding tert-OH is 2. The van der Waals surface area contributed by atoms with Gasteiger partial charge >= 0.3 is 5.69 Å². The SMILES string of the molecule is Nc1c(C2O[C@H](C(=O)C(O)c3ccccc3)[C@](O)(C(=O)c3ccc(-c4ccccc4)cc3)[C@H]2O)c(F)nc(=O)n1F. The van der Waals surface area contributed by atoms with Crippen molar-refractivity contribution >= 4 is 17.4 Å². The molecule has 1 aromatic heterocycles. The van der Waals surface area contributed by atoms with Crippen molar-refractivity contribution in [2.75, 3.05) is 5.73 Å². The number of hydrogen-bond donors (Lipinski definition) is 4. The van der Waals surface area contributed by atoms with Crippen LogP contribution < -0.4 is 11.4 Å². The highest BCUT2D eigenvalue weighted by Crippen LogP contribution is 2.45. The summed E-state index contributed by atoms with van der Waals surface area (Å²) in [5.41, 5.74) is 1.20. The van der Waals surface area contributed by atoms with Crippen LogP contribution in [0, 0.1) is 5.95 Å². The molecule has 10 nitrogen and oxygen atoms in total. The minimum atomic E-state index is -3.11. The molecule has 5 atom stereocenters. The van der Waals surface area contributed by atoms with Crippen LogP contribution in [0.5, 0.6) is 0 Å². The average molecular weight is 564 g/mol. The van der Waals surface area contributed by atoms with E-state index in [1.54, 1.807) is 18.2 Å². The van der Waals surface area contributed by atoms with Gasteiger partial charge in [-0.05, 0) is 16.7 Å². The van der Waals surface area contributed by atoms with Gasteiger partial charge in [-0.3, -0.25) is 9.59 Å². The predicted molar refractivity (Wildman–Crippen MR) is 141 cm³/mol. The van der Waals surface area contributed by atoms with Gasteiger partial charge in [0.15, 0.2) is 29.1 Å². The number of anilines is 1. The zero-order valence-electron chi connectivity index (χ0n) is 21.1. The Labute approximate surface area is 230 Å². The summed E-state index contributed by atoms with van der Waals surface area (Å²) < 4.78 is 34.5. The maximum absolute atomic E-state index is 14.8. The number of Topliss-reactive ketones (excluding diaryl/α,β-unsaturated/α-hetero) is 2. The molecule has 0 radical (unpaired) electrons. The molecule has 0 spiro atoms. The number of halogens is 2. The number of rotatable bonds is 7. The highest BCUT2D eigenvalue weighted by molar-refractivity contribution is 6.08. The Morgan fingerprint density at radius 1 is 0.976 bits per heavy atom. The second-order valence-corrected chi connectivity index (χ2v) is 9.46. The number of nitrogens with zero attached hydrogens (tertiary/aromatic N) is 2. The molecule has 0 bridgehead atoms. The van der Waals surface area contributed by atoms with Crippen molar-refractivity contribution in [2.24, 2.45) is 0 Å². The molecule has 12 heteroatoms. The average Bonchev–Trinajstić information content (AvgIpc) is 3.26. The first kappa shape index (κ1) is 27.9. The Morgan fingerprint density at radius 2 is 1.54 bits per heavy atom. The molecule has 1 aliphatic heterocycles. The van der Waals surface area contributed by atoms with Crippen molar-refractivity contribution in [3.05, 3.63) is 118 Å². The summed E-state index contributed by atoms with van der Waals surface area (Å²) in [6.07, 6.45) is -8.78. The van der Waals surface area contributed by atoms with Gasteiger partial charge in [-0.15, -0.1) is 4.79 Å². The van der Waals surface area contributed by atoms with Crippen molar-refractivity contribution in [3.8, 4) is 11.1 Å². The standard InChI is InChI=1S/C29H23F2N3O7/c30-26-19(27(32)34(31)28(39)33-26)22-24(38)29(40,25(41-22)21(36)20(35)17-9-5-2-6-10-17)23(37)18-13-11-16(12-14-18)15-7-3-1-4-8-15/h1-14,20,22,24-25,35,38,40H,32H2/t20?,22?,24-,25+,29-/m0/s1. The van der Waals surface area contributed by atoms with Crippen LogP contribution in [0.15, 0.2) is 89.7 Å². The molecule has 2 heterocycles. The molecule has 1 aliphatic rings. The molecule has 1 saturated heterocycles. The van der Waals surface area contributed by atoms with E-state index >= 15 is 0 Å². The molecule has 1 fully saturated rings. The zero-order chi connectivity index (χ0) is 29.5. The lowest BCUT2D eigenvalue weighted by atomic mass is 9.79. The maximum atomic E-state index is 14.8. The molecule has 210 valence electrons. The Kier molecular flexibility index (Phi) is 7.32. The Morgan fingerprint density at radius 3 is 2.15 bits per heavy atom. The summed E-state index contributed by atoms with van der Waals surface area (Å²) in [6.45, 7) is 0. The first-order chi connectivity index (χ1) is 19.6. The number of carbonyl (C=O) groups is 2. The molecule has 3 aromatic carbocycles. The Hall–Kier alpha value is -4.62. The van der Waals surface area contributed by atoms with Crippen LogP contribution in [0.4, 0.5) is 14.7 Å². The van der Waals surface area contributed by atoms with Crippen LogP contribution in [-0.2, 0) is 9.53 Å². The summed E-state index contributed by atoms with van der Waals surface area (Å²) >= 11 is 0. The van der Waals surface area contributed by atoms with Crippen LogP contribution in [0.25, 0.3) is 11.1 Å². The molecule has 0 amide bonds. The van der Waals surface area contributed by atoms with Crippen LogP contribution in [-0.4, -0.2) is 54.5 Å². The second kappa shape index (κ2) is 10.7. The first-order valence-electron chi connectivity index (χ1n) is 12.3. The summed E-state index contributed by atoms with van der Waals surface area (Å²) in [6, 6.07) is 22.4. The zero-order valence-corrected chi connectivity index (χ0v) is 21.1. The minimum Gasteiger partial charge on any atom is -0.386 e. The Bertz CT molecular complexity index is 1670. The van der Waals surface area contributed by atoms with E-state index in [0.29, 0.717) is 5.56 Å². The van der Waals surface area contributed by atoms with Crippen molar-refractivity contribution in [1.82, 2.24) is 9.77 Å². The van der Waals surface area contributed by atoms with E-state index in [4.69, 9.17) is 10.5 Å². The van der Waals surface area contributed by atoms with Crippen molar-refractivity contribution in [2.45, 2.75) is 30.0 Å². The lowest BCUT2D eigenvalue weighted by Gasteiger charge is -2.30. The van der Waals surface area contributed by atoms with Crippen LogP contribution in [0.2, 0.25) is 0 Å². The van der Waals surface area contributed by atoms with E-state index in [-0.39, 0.29) is 11.1 Å². The topological polar surface area (TPSA) is 165 Å². The molecule has 4 aromatic rings. The number of hydrogen-bond acceptors (Lipinski definition) is 9. The predicted octanol–water partition coefficient (Wildman–Crippen LogP) is 2.08. The molecular weight excluding hydrogens is 540 g/mol. The van der Waals surface area contributed by atoms with E-state index in [9.17, 15) is 38.6 Å². The highest BCUT2D eigenvalue weighted by Gasteiger charge is 2.64. The third-order valence-electron chi connectivity index (χ3n) is 7.04. The van der Waals surface area contributed by atoms with E-state index in [0.717, 1.165) is 5.56 Å². The smallest absolute Gasteiger partial charge is 0.380 e. The van der Waals surface area contributed by atoms with Gasteiger partial charge in [-0.1, -0.05) is 89.4 Å². The van der Waals surface area contributed by atoms with E-state index in [1.165, 1.54) is 36.4 Å². The van der Waals surface area contributed by atoms with E-state index in [2.05, 4.69) is 4.98 Å². The van der Waals surface area contributed by atoms with Gasteiger partial charge in [-0.25, -0.2) is 4.79 Å². The summed E-state index contributed by atoms with van der Waals surface area (Å²) in [5.74, 6) is -5.27. The number of carbonyl (C=O) groups excluding carboxylic acids is 2. The van der Waals surface area contributed by atoms with Gasteiger partial charge < -0.3 is 25.8 Å². The molecule has 41 heavy (non-hydrogen) atoms. The number of aliphatic hydroxyl groups is 3. The van der Waals surface area contributed by atoms with Crippen molar-refractivity contribution < 1.29 is 38.5 Å². The monoisotopic (exact) mass is 563 g/mol. The molecule has 2 unspecified atom stereocenters. The maximum Gasteiger partial charge on any atom is 0.380 e. The summed E-state index contributed by atoms with van der Waals surface area (Å²) in [5, 5.41) is 33.7. The molecule has 5 N–H and O–H groups in total. The van der Waals surface area contributed by atoms with Gasteiger partial charge in [-0.2, -0.15) is 9.37 Å². The molecular formula is C29H23F2N3O7. The minimum absolute atomic E-state index is 0.0747. The molecule has 5 rings (SSSR count). The van der Waals surface area contributed by atoms with Crippen LogP contribution in [0.1, 0.15) is 33.7 Å². The lowest BCUT2D eigenvalue weighted by molar-refractivity contribution is -0.146. The third-order valence-corrected chi connectivity index (χ3v) is 7.04. The number of ether oxygens (including phenoxy) is 1. The highest BCUT2D eigenvalue weighted by atomic mass is 19.2. The second-order valence-electron chi connectivity index (χ2n) is 9.46. The number of benzene rings is 3. The summed E-state index contributed by atoms with van der Waals surface area (Å²) in [7, 11) is 0. The quantitative estimate of drug-likeness (QED) is 0.195. The summed E-state index contributed by atoms with van der Waals surface area (Å²) in [4.78, 5) is 40.9. The van der Waals surface area contributed by atoms with Crippen LogP contribution in [0.3, 0.4) is 0 Å². The van der Waals surface area contributed by atoms with Gasteiger partial charge in [0.1, 0.15) is 18.3 Å². The fourth-order valence-electron chi connectivity index (χ4n) is 4.86. The van der Waals surface area contributed by atoms with Crippen molar-refractivity contribution in [1.29, 1.82) is 0 Å². The van der Waals surface area contributed by atoms with Gasteiger partial charge in [0.05, 0.1) is 5.56 Å². The number of nitrogens with two attached hydrogens (primary N) is 1. The first-order valence-corrected chi connectivity index (χ1v) is 12.3. The largest absolute Gasteiger partial charge is 0.386 e. The van der Waals surface area contributed by atoms with Gasteiger partial charge in [0.2, 0.25) is 5.95 Å². The lowest BCUT2D eigenvalue weighted by Crippen LogP contribution is -2.57. The number of aromatic nitrogens is 2. The van der Waals surface area contributed by atoms with E-state index < -0.39 is 69.4 Å². The molecule has 0 aliphatic carbocycles. The fourth-order valence-corrected chi connectivity index (χ4v) is 4.86.